The van der Waals surface area contributed by atoms with Gasteiger partial charge < -0.3 is 9.13 Å². The smallest absolute Gasteiger partial charge is 0.164 e. The number of rotatable bonds is 13. The van der Waals surface area contributed by atoms with E-state index in [1.807, 2.05) is 48.5 Å². The molecule has 0 amide bonds. The normalized spacial score (nSPS) is 11.3. The molecule has 4 aromatic heterocycles. The minimum Gasteiger partial charge on any atom is -0.309 e. The van der Waals surface area contributed by atoms with Crippen molar-refractivity contribution in [2.75, 3.05) is 0 Å². The molecule has 0 atom stereocenters. The lowest BCUT2D eigenvalue weighted by atomic mass is 9.97. The first-order valence-electron chi connectivity index (χ1n) is 35.0. The summed E-state index contributed by atoms with van der Waals surface area (Å²) in [6.45, 7) is 0. The first kappa shape index (κ1) is 62.2. The Morgan fingerprint density at radius 3 is 0.750 bits per heavy atom. The Bertz CT molecular complexity index is 6160. The van der Waals surface area contributed by atoms with Crippen molar-refractivity contribution >= 4 is 43.6 Å². The van der Waals surface area contributed by atoms with E-state index >= 15 is 0 Å². The van der Waals surface area contributed by atoms with Crippen LogP contribution in [-0.4, -0.2) is 39.0 Å². The van der Waals surface area contributed by atoms with Gasteiger partial charge in [-0.05, 0) is 110 Å². The summed E-state index contributed by atoms with van der Waals surface area (Å²) in [6, 6.07) is 136. The molecule has 488 valence electrons. The van der Waals surface area contributed by atoms with Crippen molar-refractivity contribution < 1.29 is 0 Å². The monoisotopic (exact) mass is 1330 g/mol. The highest BCUT2D eigenvalue weighted by atomic mass is 15.0. The summed E-state index contributed by atoms with van der Waals surface area (Å²) in [5.74, 6) is 3.82. The van der Waals surface area contributed by atoms with Gasteiger partial charge >= 0.3 is 0 Å². The summed E-state index contributed by atoms with van der Waals surface area (Å²) >= 11 is 0. The van der Waals surface area contributed by atoms with Gasteiger partial charge in [0, 0.05) is 66.3 Å². The van der Waals surface area contributed by atoms with Crippen molar-refractivity contribution in [1.29, 1.82) is 0 Å². The van der Waals surface area contributed by atoms with E-state index in [1.165, 1.54) is 60.3 Å². The summed E-state index contributed by atoms with van der Waals surface area (Å²) in [7, 11) is 0. The molecule has 0 aliphatic rings. The van der Waals surface area contributed by atoms with E-state index in [4.69, 9.17) is 29.9 Å². The summed E-state index contributed by atoms with van der Waals surface area (Å²) in [5.41, 5.74) is 24.2. The van der Waals surface area contributed by atoms with Crippen LogP contribution < -0.4 is 0 Å². The second-order valence-corrected chi connectivity index (χ2v) is 25.7. The average molecular weight is 1330 g/mol. The third-order valence-electron chi connectivity index (χ3n) is 19.4. The zero-order valence-corrected chi connectivity index (χ0v) is 56.5. The van der Waals surface area contributed by atoms with Gasteiger partial charge in [-0.3, -0.25) is 0 Å². The van der Waals surface area contributed by atoms with Crippen LogP contribution in [0.5, 0.6) is 0 Å². The number of benzene rings is 15. The zero-order valence-electron chi connectivity index (χ0n) is 56.5. The van der Waals surface area contributed by atoms with E-state index < -0.39 is 0 Å². The molecule has 15 aromatic carbocycles. The Hall–Kier alpha value is -14.1. The molecule has 0 spiro atoms. The van der Waals surface area contributed by atoms with E-state index in [0.29, 0.717) is 34.9 Å². The number of hydrogen-bond donors (Lipinski definition) is 0. The maximum Gasteiger partial charge on any atom is 0.164 e. The van der Waals surface area contributed by atoms with Crippen LogP contribution in [0.3, 0.4) is 0 Å². The van der Waals surface area contributed by atoms with Crippen molar-refractivity contribution in [2.45, 2.75) is 0 Å². The molecule has 0 fully saturated rings. The van der Waals surface area contributed by atoms with Gasteiger partial charge in [0.25, 0.3) is 0 Å². The van der Waals surface area contributed by atoms with Crippen molar-refractivity contribution in [2.24, 2.45) is 0 Å². The summed E-state index contributed by atoms with van der Waals surface area (Å²) in [5, 5.41) is 4.90. The van der Waals surface area contributed by atoms with Crippen LogP contribution in [0.1, 0.15) is 0 Å². The van der Waals surface area contributed by atoms with Gasteiger partial charge in [-0.15, -0.1) is 0 Å². The van der Waals surface area contributed by atoms with Gasteiger partial charge in [-0.2, -0.15) is 0 Å². The van der Waals surface area contributed by atoms with E-state index in [0.717, 1.165) is 83.7 Å². The van der Waals surface area contributed by atoms with Crippen molar-refractivity contribution in [3.63, 3.8) is 0 Å². The Labute approximate surface area is 602 Å². The molecule has 0 radical (unpaired) electrons. The van der Waals surface area contributed by atoms with Crippen LogP contribution in [0.15, 0.2) is 388 Å². The molecule has 4 heterocycles. The maximum atomic E-state index is 5.13. The lowest BCUT2D eigenvalue weighted by molar-refractivity contribution is 1.07. The molecule has 104 heavy (non-hydrogen) atoms. The Morgan fingerprint density at radius 2 is 0.385 bits per heavy atom. The van der Waals surface area contributed by atoms with Gasteiger partial charge in [0.15, 0.2) is 34.9 Å². The third-order valence-corrected chi connectivity index (χ3v) is 19.4. The van der Waals surface area contributed by atoms with Crippen molar-refractivity contribution in [3.8, 4) is 135 Å². The highest BCUT2D eigenvalue weighted by Gasteiger charge is 2.21. The fourth-order valence-electron chi connectivity index (χ4n) is 14.3. The van der Waals surface area contributed by atoms with Crippen LogP contribution in [0, 0.1) is 0 Å². The second-order valence-electron chi connectivity index (χ2n) is 25.7. The van der Waals surface area contributed by atoms with Crippen molar-refractivity contribution in [3.05, 3.63) is 388 Å². The Kier molecular flexibility index (Phi) is 16.5. The van der Waals surface area contributed by atoms with Gasteiger partial charge in [-0.1, -0.05) is 334 Å². The molecule has 0 bridgehead atoms. The molecule has 19 rings (SSSR count). The van der Waals surface area contributed by atoms with Crippen LogP contribution >= 0.6 is 0 Å². The fraction of sp³-hybridized carbons (Fsp3) is 0. The topological polar surface area (TPSA) is 87.2 Å². The quantitative estimate of drug-likeness (QED) is 0.114. The molecule has 0 unspecified atom stereocenters. The minimum absolute atomic E-state index is 0.625. The first-order valence-corrected chi connectivity index (χ1v) is 35.0. The van der Waals surface area contributed by atoms with Gasteiger partial charge in [0.05, 0.1) is 22.1 Å². The number of para-hydroxylation sites is 4. The predicted molar refractivity (Wildman–Crippen MR) is 428 cm³/mol. The summed E-state index contributed by atoms with van der Waals surface area (Å²) < 4.78 is 4.71. The van der Waals surface area contributed by atoms with Gasteiger partial charge in [-0.25, -0.2) is 29.9 Å². The lowest BCUT2D eigenvalue weighted by Crippen LogP contribution is -2.00. The molecule has 19 aromatic rings. The molecule has 0 aliphatic carbocycles. The molecule has 8 heteroatoms. The number of nitrogens with zero attached hydrogens (tertiary/aromatic N) is 8. The van der Waals surface area contributed by atoms with E-state index in [1.54, 1.807) is 0 Å². The van der Waals surface area contributed by atoms with E-state index in [9.17, 15) is 0 Å². The number of fused-ring (bicyclic) bond motifs is 6. The fourth-order valence-corrected chi connectivity index (χ4v) is 14.3. The zero-order chi connectivity index (χ0) is 69.1. The van der Waals surface area contributed by atoms with Crippen LogP contribution in [0.4, 0.5) is 0 Å². The van der Waals surface area contributed by atoms with Crippen LogP contribution in [0.25, 0.3) is 179 Å². The van der Waals surface area contributed by atoms with Crippen LogP contribution in [-0.2, 0) is 0 Å². The lowest BCUT2D eigenvalue weighted by Gasteiger charge is -2.11. The average Bonchev–Trinajstić information content (AvgIpc) is 1.58. The SMILES string of the molecule is c1ccc(-c2ccc(-c3nc(-c4ccc(-c5ccccc5)cc4)nc(-c4cccc(-c5cccc6c5c5ccccc5n6-c5ccccc5)c4)n3)cc2)cc1.c1ccc(-c2ccc(-c3nc(-c4ccccc4)nc(-c4ccc(-c5cccc6c5c5ccccc5n6-c5ccccc5)cc4)n3)cc2)cc1. The van der Waals surface area contributed by atoms with Gasteiger partial charge in [0.2, 0.25) is 0 Å². The van der Waals surface area contributed by atoms with Gasteiger partial charge in [0.1, 0.15) is 0 Å². The molecule has 0 saturated carbocycles. The molecular formula is C96H64N8. The predicted octanol–water partition coefficient (Wildman–Crippen LogP) is 24.3. The number of aromatic nitrogens is 8. The summed E-state index contributed by atoms with van der Waals surface area (Å²) in [4.78, 5) is 30.2. The molecule has 0 saturated heterocycles. The Morgan fingerprint density at radius 1 is 0.154 bits per heavy atom. The number of hydrogen-bond acceptors (Lipinski definition) is 6. The molecule has 0 aliphatic heterocycles. The highest BCUT2D eigenvalue weighted by molar-refractivity contribution is 6.17. The third kappa shape index (κ3) is 12.1. The van der Waals surface area contributed by atoms with Crippen molar-refractivity contribution in [1.82, 2.24) is 39.0 Å². The highest BCUT2D eigenvalue weighted by Crippen LogP contribution is 2.42. The largest absolute Gasteiger partial charge is 0.309 e. The molecule has 0 N–H and O–H groups in total. The molecule has 8 nitrogen and oxygen atoms in total. The molecular weight excluding hydrogens is 1270 g/mol. The Balaban J connectivity index is 0.000000149. The second kappa shape index (κ2) is 27.6. The standard InChI is InChI=1S/C51H34N4.C45H30N4/c1-4-14-35(15-5-1)37-26-30-39(31-27-37)49-52-50(40-32-28-38(29-33-40)36-16-6-2-7-17-36)54-51(53-49)42-19-12-18-41(34-42)44-23-13-25-47-48(44)45-22-10-11-24-46(45)55(47)43-20-8-3-9-21-43;1-4-13-31(14-5-1)32-23-27-35(28-24-32)44-46-43(34-15-6-2-7-16-34)47-45(48-44)36-29-25-33(26-30-36)38-20-12-22-41-42(38)39-19-10-11-21-40(39)49(41)37-17-8-3-9-18-37/h1-34H;1-30H. The van der Waals surface area contributed by atoms with E-state index in [-0.39, 0.29) is 0 Å². The minimum atomic E-state index is 0.625. The van der Waals surface area contributed by atoms with Crippen LogP contribution in [0.2, 0.25) is 0 Å². The first-order chi connectivity index (χ1) is 51.6. The summed E-state index contributed by atoms with van der Waals surface area (Å²) in [6.07, 6.45) is 0. The van der Waals surface area contributed by atoms with E-state index in [2.05, 4.69) is 349 Å². The maximum absolute atomic E-state index is 5.13.